The van der Waals surface area contributed by atoms with Crippen LogP contribution in [0, 0.1) is 0 Å². The summed E-state index contributed by atoms with van der Waals surface area (Å²) in [4.78, 5) is 18.9. The molecule has 6 nitrogen and oxygen atoms in total. The lowest BCUT2D eigenvalue weighted by Crippen LogP contribution is -2.04. The van der Waals surface area contributed by atoms with E-state index in [9.17, 15) is 9.59 Å². The fourth-order valence-corrected chi connectivity index (χ4v) is 1.17. The van der Waals surface area contributed by atoms with E-state index in [0.29, 0.717) is 0 Å². The first-order chi connectivity index (χ1) is 9.95. The molecule has 6 heteroatoms. The van der Waals surface area contributed by atoms with Crippen molar-refractivity contribution in [2.45, 2.75) is 44.9 Å². The Morgan fingerprint density at radius 2 is 0.857 bits per heavy atom. The fourth-order valence-electron chi connectivity index (χ4n) is 1.17. The molecule has 0 aromatic rings. The molecule has 2 amide bonds. The second-order valence-corrected chi connectivity index (χ2v) is 4.27. The van der Waals surface area contributed by atoms with E-state index < -0.39 is 11.8 Å². The number of amides is 2. The highest BCUT2D eigenvalue weighted by Crippen LogP contribution is 2.05. The van der Waals surface area contributed by atoms with Crippen molar-refractivity contribution in [3.05, 3.63) is 25.3 Å². The third kappa shape index (κ3) is 45.8. The second-order valence-electron chi connectivity index (χ2n) is 4.27. The molecule has 0 fully saturated rings. The molecule has 21 heavy (non-hydrogen) atoms. The summed E-state index contributed by atoms with van der Waals surface area (Å²) in [6.45, 7) is 7.87. The zero-order valence-electron chi connectivity index (χ0n) is 13.1. The van der Waals surface area contributed by atoms with Crippen LogP contribution in [0.25, 0.3) is 0 Å². The predicted molar refractivity (Wildman–Crippen MR) is 89.2 cm³/mol. The van der Waals surface area contributed by atoms with Gasteiger partial charge >= 0.3 is 0 Å². The Morgan fingerprint density at radius 1 is 0.667 bits per heavy atom. The third-order valence-electron chi connectivity index (χ3n) is 2.31. The molecular formula is C15H32N4O2. The third-order valence-corrected chi connectivity index (χ3v) is 2.31. The van der Waals surface area contributed by atoms with Crippen LogP contribution >= 0.6 is 0 Å². The maximum atomic E-state index is 9.47. The summed E-state index contributed by atoms with van der Waals surface area (Å²) >= 11 is 0. The Kier molecular flexibility index (Phi) is 27.2. The van der Waals surface area contributed by atoms with Crippen LogP contribution in [0.3, 0.4) is 0 Å². The monoisotopic (exact) mass is 300 g/mol. The number of carbonyl (C=O) groups excluding carboxylic acids is 2. The van der Waals surface area contributed by atoms with Crippen molar-refractivity contribution >= 4 is 11.8 Å². The highest BCUT2D eigenvalue weighted by molar-refractivity contribution is 5.85. The average Bonchev–Trinajstić information content (AvgIpc) is 2.47. The molecule has 124 valence electrons. The summed E-state index contributed by atoms with van der Waals surface area (Å²) in [5.74, 6) is -0.963. The van der Waals surface area contributed by atoms with E-state index in [1.807, 2.05) is 0 Å². The van der Waals surface area contributed by atoms with E-state index in [2.05, 4.69) is 24.6 Å². The number of carbonyl (C=O) groups is 2. The molecule has 0 aromatic heterocycles. The molecule has 0 spiro atoms. The number of hydrogen-bond acceptors (Lipinski definition) is 4. The van der Waals surface area contributed by atoms with Gasteiger partial charge in [-0.2, -0.15) is 0 Å². The summed E-state index contributed by atoms with van der Waals surface area (Å²) in [7, 11) is 0. The van der Waals surface area contributed by atoms with Crippen molar-refractivity contribution in [3.8, 4) is 0 Å². The molecule has 0 rings (SSSR count). The Bertz CT molecular complexity index is 242. The molecule has 0 heterocycles. The molecule has 0 aliphatic carbocycles. The van der Waals surface area contributed by atoms with Gasteiger partial charge in [-0.25, -0.2) is 0 Å². The van der Waals surface area contributed by atoms with Crippen LogP contribution in [0.4, 0.5) is 0 Å². The van der Waals surface area contributed by atoms with Crippen LogP contribution in [0.2, 0.25) is 0 Å². The summed E-state index contributed by atoms with van der Waals surface area (Å²) in [6.07, 6.45) is 11.2. The molecule has 0 aromatic carbocycles. The minimum atomic E-state index is -0.481. The van der Waals surface area contributed by atoms with Crippen molar-refractivity contribution in [1.29, 1.82) is 0 Å². The Hall–Kier alpha value is -1.66. The van der Waals surface area contributed by atoms with Crippen LogP contribution in [0.15, 0.2) is 25.3 Å². The minimum Gasteiger partial charge on any atom is -0.366 e. The smallest absolute Gasteiger partial charge is 0.240 e. The van der Waals surface area contributed by atoms with Gasteiger partial charge in [0, 0.05) is 0 Å². The van der Waals surface area contributed by atoms with Gasteiger partial charge in [0.15, 0.2) is 0 Å². The first kappa shape index (κ1) is 24.4. The van der Waals surface area contributed by atoms with Crippen LogP contribution in [-0.2, 0) is 9.59 Å². The van der Waals surface area contributed by atoms with Gasteiger partial charge in [-0.05, 0) is 38.1 Å². The van der Waals surface area contributed by atoms with Gasteiger partial charge in [0.1, 0.15) is 0 Å². The predicted octanol–water partition coefficient (Wildman–Crippen LogP) is 0.950. The van der Waals surface area contributed by atoms with Crippen molar-refractivity contribution in [2.24, 2.45) is 22.9 Å². The molecule has 0 aliphatic rings. The van der Waals surface area contributed by atoms with E-state index in [0.717, 1.165) is 25.2 Å². The molecule has 0 radical (unpaired) electrons. The maximum Gasteiger partial charge on any atom is 0.240 e. The second kappa shape index (κ2) is 23.4. The van der Waals surface area contributed by atoms with Crippen LogP contribution in [0.5, 0.6) is 0 Å². The highest BCUT2D eigenvalue weighted by Gasteiger charge is 1.89. The Morgan fingerprint density at radius 3 is 1.00 bits per heavy atom. The van der Waals surface area contributed by atoms with Crippen molar-refractivity contribution < 1.29 is 9.59 Å². The molecule has 0 aliphatic heterocycles. The number of rotatable bonds is 10. The molecule has 0 bridgehead atoms. The van der Waals surface area contributed by atoms with Crippen molar-refractivity contribution in [3.63, 3.8) is 0 Å². The van der Waals surface area contributed by atoms with Gasteiger partial charge in [0.05, 0.1) is 0 Å². The number of primary amides is 2. The molecule has 0 atom stereocenters. The van der Waals surface area contributed by atoms with Gasteiger partial charge in [-0.1, -0.05) is 45.3 Å². The molecule has 8 N–H and O–H groups in total. The average molecular weight is 300 g/mol. The lowest BCUT2D eigenvalue weighted by atomic mass is 10.1. The van der Waals surface area contributed by atoms with Gasteiger partial charge in [0.25, 0.3) is 0 Å². The highest BCUT2D eigenvalue weighted by atomic mass is 16.1. The van der Waals surface area contributed by atoms with E-state index in [1.54, 1.807) is 0 Å². The van der Waals surface area contributed by atoms with E-state index in [1.165, 1.54) is 44.9 Å². The van der Waals surface area contributed by atoms with E-state index in [-0.39, 0.29) is 0 Å². The largest absolute Gasteiger partial charge is 0.366 e. The minimum absolute atomic E-state index is 0.481. The van der Waals surface area contributed by atoms with Gasteiger partial charge < -0.3 is 22.9 Å². The SMILES string of the molecule is C=CC(N)=O.C=CC(N)=O.NCCCCCCCCCN. The fraction of sp³-hybridized carbons (Fsp3) is 0.600. The topological polar surface area (TPSA) is 138 Å². The van der Waals surface area contributed by atoms with Crippen LogP contribution in [0.1, 0.15) is 44.9 Å². The van der Waals surface area contributed by atoms with E-state index >= 15 is 0 Å². The molecular weight excluding hydrogens is 268 g/mol. The molecule has 0 saturated heterocycles. The number of nitrogens with two attached hydrogens (primary N) is 4. The van der Waals surface area contributed by atoms with Crippen LogP contribution in [-0.4, -0.2) is 24.9 Å². The first-order valence-corrected chi connectivity index (χ1v) is 7.20. The lowest BCUT2D eigenvalue weighted by Gasteiger charge is -1.99. The zero-order valence-corrected chi connectivity index (χ0v) is 13.1. The molecule has 0 saturated carbocycles. The standard InChI is InChI=1S/C9H22N2.2C3H5NO/c10-8-6-4-2-1-3-5-7-9-11;2*1-2-3(4)5/h1-11H2;2*2H,1H2,(H2,4,5). The Balaban J connectivity index is -0.000000270. The summed E-state index contributed by atoms with van der Waals surface area (Å²) in [6, 6.07) is 0. The number of hydrogen-bond donors (Lipinski definition) is 4. The maximum absolute atomic E-state index is 9.47. The number of unbranched alkanes of at least 4 members (excludes halogenated alkanes) is 6. The van der Waals surface area contributed by atoms with Gasteiger partial charge in [-0.15, -0.1) is 0 Å². The quantitative estimate of drug-likeness (QED) is 0.352. The lowest BCUT2D eigenvalue weighted by molar-refractivity contribution is -0.114. The van der Waals surface area contributed by atoms with Crippen molar-refractivity contribution in [2.75, 3.05) is 13.1 Å². The first-order valence-electron chi connectivity index (χ1n) is 7.20. The summed E-state index contributed by atoms with van der Waals surface area (Å²) in [5.41, 5.74) is 19.8. The van der Waals surface area contributed by atoms with Crippen molar-refractivity contribution in [1.82, 2.24) is 0 Å². The normalized spacial score (nSPS) is 8.48. The zero-order chi connectivity index (χ0) is 16.9. The Labute approximate surface area is 128 Å². The van der Waals surface area contributed by atoms with E-state index in [4.69, 9.17) is 11.5 Å². The summed E-state index contributed by atoms with van der Waals surface area (Å²) < 4.78 is 0. The summed E-state index contributed by atoms with van der Waals surface area (Å²) in [5, 5.41) is 0. The molecule has 0 unspecified atom stereocenters. The van der Waals surface area contributed by atoms with Gasteiger partial charge in [-0.3, -0.25) is 9.59 Å². The van der Waals surface area contributed by atoms with Gasteiger partial charge in [0.2, 0.25) is 11.8 Å². The van der Waals surface area contributed by atoms with Crippen LogP contribution < -0.4 is 22.9 Å².